The first kappa shape index (κ1) is 19.9. The van der Waals surface area contributed by atoms with Crippen molar-refractivity contribution in [1.82, 2.24) is 14.5 Å². The lowest BCUT2D eigenvalue weighted by Gasteiger charge is -2.36. The SMILES string of the molecule is O=C1NC2(CCN(S(=O)(=O)c3cccc(Cl)c3)CC2)C(=O)N1Cc1ccccc1. The van der Waals surface area contributed by atoms with Crippen LogP contribution in [0, 0.1) is 0 Å². The number of imide groups is 1. The molecule has 2 aromatic carbocycles. The maximum absolute atomic E-state index is 13.0. The number of nitrogens with one attached hydrogen (secondary N) is 1. The Morgan fingerprint density at radius 1 is 1.00 bits per heavy atom. The van der Waals surface area contributed by atoms with Crippen LogP contribution >= 0.6 is 11.6 Å². The van der Waals surface area contributed by atoms with Crippen molar-refractivity contribution in [3.8, 4) is 0 Å². The zero-order chi connectivity index (χ0) is 20.6. The smallest absolute Gasteiger partial charge is 0.323 e. The predicted octanol–water partition coefficient (Wildman–Crippen LogP) is 2.62. The van der Waals surface area contributed by atoms with E-state index in [2.05, 4.69) is 5.32 Å². The fourth-order valence-corrected chi connectivity index (χ4v) is 5.55. The van der Waals surface area contributed by atoms with E-state index in [4.69, 9.17) is 11.6 Å². The van der Waals surface area contributed by atoms with E-state index < -0.39 is 21.6 Å². The van der Waals surface area contributed by atoms with E-state index >= 15 is 0 Å². The Balaban J connectivity index is 1.49. The molecule has 0 aliphatic carbocycles. The second-order valence-corrected chi connectivity index (χ2v) is 9.62. The van der Waals surface area contributed by atoms with Crippen LogP contribution in [-0.2, 0) is 21.4 Å². The van der Waals surface area contributed by atoms with E-state index in [0.717, 1.165) is 5.56 Å². The minimum absolute atomic E-state index is 0.119. The maximum atomic E-state index is 13.0. The largest absolute Gasteiger partial charge is 0.325 e. The van der Waals surface area contributed by atoms with Crippen LogP contribution in [0.25, 0.3) is 0 Å². The average Bonchev–Trinajstić information content (AvgIpc) is 2.93. The highest BCUT2D eigenvalue weighted by Crippen LogP contribution is 2.33. The molecule has 2 aromatic rings. The van der Waals surface area contributed by atoms with Gasteiger partial charge < -0.3 is 5.32 Å². The number of urea groups is 1. The summed E-state index contributed by atoms with van der Waals surface area (Å²) in [5.41, 5.74) is -0.194. The lowest BCUT2D eigenvalue weighted by molar-refractivity contribution is -0.133. The Hall–Kier alpha value is -2.42. The first-order valence-electron chi connectivity index (χ1n) is 9.26. The molecule has 152 valence electrons. The lowest BCUT2D eigenvalue weighted by atomic mass is 9.88. The van der Waals surface area contributed by atoms with Crippen molar-refractivity contribution < 1.29 is 18.0 Å². The number of hydrogen-bond acceptors (Lipinski definition) is 4. The van der Waals surface area contributed by atoms with Crippen molar-refractivity contribution in [2.45, 2.75) is 29.8 Å². The van der Waals surface area contributed by atoms with E-state index in [1.165, 1.54) is 21.3 Å². The molecule has 4 rings (SSSR count). The van der Waals surface area contributed by atoms with Crippen molar-refractivity contribution in [3.63, 3.8) is 0 Å². The van der Waals surface area contributed by atoms with Gasteiger partial charge in [0.25, 0.3) is 5.91 Å². The Bertz CT molecular complexity index is 1050. The van der Waals surface area contributed by atoms with E-state index in [-0.39, 0.29) is 43.3 Å². The molecule has 0 saturated carbocycles. The number of halogens is 1. The van der Waals surface area contributed by atoms with Crippen LogP contribution in [0.15, 0.2) is 59.5 Å². The normalized spacial score (nSPS) is 19.6. The van der Waals surface area contributed by atoms with Gasteiger partial charge in [-0.05, 0) is 36.6 Å². The molecule has 0 radical (unpaired) electrons. The van der Waals surface area contributed by atoms with Gasteiger partial charge >= 0.3 is 6.03 Å². The van der Waals surface area contributed by atoms with Gasteiger partial charge in [0.2, 0.25) is 10.0 Å². The van der Waals surface area contributed by atoms with Crippen LogP contribution in [0.4, 0.5) is 4.79 Å². The predicted molar refractivity (Wildman–Crippen MR) is 108 cm³/mol. The molecule has 2 saturated heterocycles. The molecular formula is C20H20ClN3O4S. The van der Waals surface area contributed by atoms with Crippen LogP contribution in [0.3, 0.4) is 0 Å². The summed E-state index contributed by atoms with van der Waals surface area (Å²) in [6.07, 6.45) is 0.450. The third-order valence-electron chi connectivity index (χ3n) is 5.44. The second-order valence-electron chi connectivity index (χ2n) is 7.25. The van der Waals surface area contributed by atoms with Crippen LogP contribution < -0.4 is 5.32 Å². The maximum Gasteiger partial charge on any atom is 0.325 e. The molecule has 7 nitrogen and oxygen atoms in total. The molecule has 29 heavy (non-hydrogen) atoms. The van der Waals surface area contributed by atoms with E-state index in [9.17, 15) is 18.0 Å². The highest BCUT2D eigenvalue weighted by Gasteiger charge is 2.53. The number of benzene rings is 2. The summed E-state index contributed by atoms with van der Waals surface area (Å²) in [4.78, 5) is 26.8. The summed E-state index contributed by atoms with van der Waals surface area (Å²) in [7, 11) is -3.71. The van der Waals surface area contributed by atoms with Crippen molar-refractivity contribution in [2.24, 2.45) is 0 Å². The molecule has 2 heterocycles. The van der Waals surface area contributed by atoms with Crippen LogP contribution in [-0.4, -0.2) is 48.2 Å². The first-order valence-corrected chi connectivity index (χ1v) is 11.1. The molecule has 0 atom stereocenters. The molecule has 3 amide bonds. The number of rotatable bonds is 4. The van der Waals surface area contributed by atoms with Crippen LogP contribution in [0.1, 0.15) is 18.4 Å². The number of sulfonamides is 1. The number of nitrogens with zero attached hydrogens (tertiary/aromatic N) is 2. The molecule has 1 spiro atoms. The minimum Gasteiger partial charge on any atom is -0.323 e. The Morgan fingerprint density at radius 3 is 2.34 bits per heavy atom. The van der Waals surface area contributed by atoms with Gasteiger partial charge in [-0.2, -0.15) is 4.31 Å². The standard InChI is InChI=1S/C20H20ClN3O4S/c21-16-7-4-8-17(13-16)29(27,28)23-11-9-20(10-12-23)18(25)24(19(26)22-20)14-15-5-2-1-3-6-15/h1-8,13H,9-12,14H2,(H,22,26). The van der Waals surface area contributed by atoms with Crippen molar-refractivity contribution in [3.05, 3.63) is 65.2 Å². The Morgan fingerprint density at radius 2 is 1.69 bits per heavy atom. The monoisotopic (exact) mass is 433 g/mol. The number of amides is 3. The Labute approximate surface area is 174 Å². The second kappa shape index (κ2) is 7.44. The summed E-state index contributed by atoms with van der Waals surface area (Å²) in [5, 5.41) is 3.15. The number of hydrogen-bond donors (Lipinski definition) is 1. The van der Waals surface area contributed by atoms with E-state index in [1.807, 2.05) is 30.3 Å². The molecule has 2 aliphatic rings. The van der Waals surface area contributed by atoms with E-state index in [0.29, 0.717) is 5.02 Å². The van der Waals surface area contributed by atoms with Gasteiger partial charge in [-0.1, -0.05) is 48.0 Å². The first-order chi connectivity index (χ1) is 13.8. The number of carbonyl (C=O) groups excluding carboxylic acids is 2. The zero-order valence-corrected chi connectivity index (χ0v) is 17.1. The fourth-order valence-electron chi connectivity index (χ4n) is 3.81. The van der Waals surface area contributed by atoms with Gasteiger partial charge in [0, 0.05) is 18.1 Å². The third-order valence-corrected chi connectivity index (χ3v) is 7.57. The van der Waals surface area contributed by atoms with Gasteiger partial charge in [0.1, 0.15) is 5.54 Å². The van der Waals surface area contributed by atoms with Gasteiger partial charge in [-0.3, -0.25) is 9.69 Å². The quantitative estimate of drug-likeness (QED) is 0.751. The highest BCUT2D eigenvalue weighted by atomic mass is 35.5. The molecule has 0 unspecified atom stereocenters. The Kier molecular flexibility index (Phi) is 5.10. The molecule has 0 bridgehead atoms. The number of piperidine rings is 1. The minimum atomic E-state index is -3.71. The lowest BCUT2D eigenvalue weighted by Crippen LogP contribution is -2.55. The molecule has 1 N–H and O–H groups in total. The molecule has 2 fully saturated rings. The average molecular weight is 434 g/mol. The van der Waals surface area contributed by atoms with Gasteiger partial charge in [-0.25, -0.2) is 13.2 Å². The summed E-state index contributed by atoms with van der Waals surface area (Å²) < 4.78 is 27.1. The van der Waals surface area contributed by atoms with E-state index in [1.54, 1.807) is 12.1 Å². The topological polar surface area (TPSA) is 86.8 Å². The summed E-state index contributed by atoms with van der Waals surface area (Å²) >= 11 is 5.93. The molecule has 2 aliphatic heterocycles. The molecule has 9 heteroatoms. The highest BCUT2D eigenvalue weighted by molar-refractivity contribution is 7.89. The van der Waals surface area contributed by atoms with Gasteiger partial charge in [0.05, 0.1) is 11.4 Å². The van der Waals surface area contributed by atoms with Crippen LogP contribution in [0.2, 0.25) is 5.02 Å². The van der Waals surface area contributed by atoms with Crippen molar-refractivity contribution in [2.75, 3.05) is 13.1 Å². The van der Waals surface area contributed by atoms with Gasteiger partial charge in [0.15, 0.2) is 0 Å². The molecular weight excluding hydrogens is 414 g/mol. The zero-order valence-electron chi connectivity index (χ0n) is 15.5. The summed E-state index contributed by atoms with van der Waals surface area (Å²) in [5.74, 6) is -0.300. The summed E-state index contributed by atoms with van der Waals surface area (Å²) in [6.45, 7) is 0.470. The van der Waals surface area contributed by atoms with Gasteiger partial charge in [-0.15, -0.1) is 0 Å². The third kappa shape index (κ3) is 3.63. The fraction of sp³-hybridized carbons (Fsp3) is 0.300. The van der Waals surface area contributed by atoms with Crippen LogP contribution in [0.5, 0.6) is 0 Å². The number of carbonyl (C=O) groups is 2. The summed E-state index contributed by atoms with van der Waals surface area (Å²) in [6, 6.07) is 14.9. The van der Waals surface area contributed by atoms with Crippen molar-refractivity contribution >= 4 is 33.6 Å². The molecule has 0 aromatic heterocycles. The van der Waals surface area contributed by atoms with Crippen molar-refractivity contribution in [1.29, 1.82) is 0 Å².